The first-order chi connectivity index (χ1) is 8.08. The van der Waals surface area contributed by atoms with Crippen LogP contribution in [0, 0.1) is 6.92 Å². The lowest BCUT2D eigenvalue weighted by Gasteiger charge is -2.22. The number of aryl methyl sites for hydroxylation is 1. The van der Waals surface area contributed by atoms with Gasteiger partial charge in [-0.3, -0.25) is 0 Å². The second kappa shape index (κ2) is 6.39. The van der Waals surface area contributed by atoms with Crippen LogP contribution < -0.4 is 15.5 Å². The molecule has 1 aromatic rings. The number of hydrogen-bond acceptors (Lipinski definition) is 5. The van der Waals surface area contributed by atoms with Crippen molar-refractivity contribution in [1.82, 2.24) is 9.97 Å². The van der Waals surface area contributed by atoms with Crippen molar-refractivity contribution in [3.05, 3.63) is 11.9 Å². The Kier molecular flexibility index (Phi) is 5.15. The number of aromatic nitrogens is 2. The molecule has 0 fully saturated rings. The minimum absolute atomic E-state index is 0.625. The van der Waals surface area contributed by atoms with E-state index in [4.69, 9.17) is 5.73 Å². The highest BCUT2D eigenvalue weighted by Crippen LogP contribution is 2.17. The van der Waals surface area contributed by atoms with Gasteiger partial charge in [-0.2, -0.15) is 0 Å². The quantitative estimate of drug-likeness (QED) is 0.800. The van der Waals surface area contributed by atoms with Crippen molar-refractivity contribution in [3.63, 3.8) is 0 Å². The van der Waals surface area contributed by atoms with Gasteiger partial charge in [-0.25, -0.2) is 9.97 Å². The van der Waals surface area contributed by atoms with Gasteiger partial charge in [0.25, 0.3) is 0 Å². The monoisotopic (exact) mass is 237 g/mol. The largest absolute Gasteiger partial charge is 0.360 e. The summed E-state index contributed by atoms with van der Waals surface area (Å²) in [5.74, 6) is 2.70. The Morgan fingerprint density at radius 1 is 1.12 bits per heavy atom. The van der Waals surface area contributed by atoms with Crippen LogP contribution in [0.5, 0.6) is 0 Å². The Balaban J connectivity index is 2.93. The highest BCUT2D eigenvalue weighted by atomic mass is 15.2. The standard InChI is InChI=1S/C12H23N5/c1-5-7-16(3)11-9-12(15-10(2)14-11)17(4)8-6-13/h9H,5-8,13H2,1-4H3. The van der Waals surface area contributed by atoms with Crippen molar-refractivity contribution >= 4 is 11.6 Å². The maximum Gasteiger partial charge on any atom is 0.134 e. The Bertz CT molecular complexity index is 322. The predicted molar refractivity (Wildman–Crippen MR) is 72.7 cm³/mol. The molecular weight excluding hydrogens is 214 g/mol. The third kappa shape index (κ3) is 3.85. The van der Waals surface area contributed by atoms with Crippen LogP contribution in [0.1, 0.15) is 19.2 Å². The van der Waals surface area contributed by atoms with Crippen molar-refractivity contribution in [3.8, 4) is 0 Å². The molecule has 0 aliphatic rings. The van der Waals surface area contributed by atoms with Gasteiger partial charge < -0.3 is 15.5 Å². The zero-order chi connectivity index (χ0) is 12.8. The molecule has 0 bridgehead atoms. The summed E-state index contributed by atoms with van der Waals surface area (Å²) >= 11 is 0. The van der Waals surface area contributed by atoms with Crippen molar-refractivity contribution < 1.29 is 0 Å². The summed E-state index contributed by atoms with van der Waals surface area (Å²) in [7, 11) is 4.05. The molecule has 1 rings (SSSR count). The Hall–Kier alpha value is -1.36. The van der Waals surface area contributed by atoms with Crippen LogP contribution in [0.4, 0.5) is 11.6 Å². The molecule has 0 aliphatic heterocycles. The van der Waals surface area contributed by atoms with Gasteiger partial charge in [-0.1, -0.05) is 6.92 Å². The summed E-state index contributed by atoms with van der Waals surface area (Å²) < 4.78 is 0. The molecule has 2 N–H and O–H groups in total. The number of hydrogen-bond donors (Lipinski definition) is 1. The van der Waals surface area contributed by atoms with E-state index in [0.717, 1.165) is 37.0 Å². The number of anilines is 2. The third-order valence-electron chi connectivity index (χ3n) is 2.62. The van der Waals surface area contributed by atoms with Crippen LogP contribution in [0.2, 0.25) is 0 Å². The van der Waals surface area contributed by atoms with Crippen molar-refractivity contribution in [1.29, 1.82) is 0 Å². The second-order valence-corrected chi connectivity index (χ2v) is 4.26. The molecule has 1 heterocycles. The molecule has 0 atom stereocenters. The lowest BCUT2D eigenvalue weighted by molar-refractivity contribution is 0.817. The molecule has 1 aromatic heterocycles. The van der Waals surface area contributed by atoms with E-state index in [1.165, 1.54) is 0 Å². The first kappa shape index (κ1) is 13.7. The van der Waals surface area contributed by atoms with Crippen molar-refractivity contribution in [2.75, 3.05) is 43.5 Å². The maximum atomic E-state index is 5.55. The SMILES string of the molecule is CCCN(C)c1cc(N(C)CCN)nc(C)n1. The molecule has 0 spiro atoms. The summed E-state index contributed by atoms with van der Waals surface area (Å²) in [6.07, 6.45) is 1.10. The van der Waals surface area contributed by atoms with Gasteiger partial charge in [0.05, 0.1) is 0 Å². The van der Waals surface area contributed by atoms with Crippen LogP contribution in [0.3, 0.4) is 0 Å². The zero-order valence-corrected chi connectivity index (χ0v) is 11.3. The normalized spacial score (nSPS) is 10.4. The van der Waals surface area contributed by atoms with Crippen LogP contribution in [0.25, 0.3) is 0 Å². The summed E-state index contributed by atoms with van der Waals surface area (Å²) in [6, 6.07) is 2.01. The van der Waals surface area contributed by atoms with Gasteiger partial charge in [0.1, 0.15) is 17.5 Å². The Morgan fingerprint density at radius 3 is 2.12 bits per heavy atom. The number of nitrogens with two attached hydrogens (primary N) is 1. The molecule has 5 heteroatoms. The molecule has 0 amide bonds. The van der Waals surface area contributed by atoms with Gasteiger partial charge in [-0.05, 0) is 13.3 Å². The van der Waals surface area contributed by atoms with E-state index in [-0.39, 0.29) is 0 Å². The van der Waals surface area contributed by atoms with Gasteiger partial charge in [0, 0.05) is 39.8 Å². The van der Waals surface area contributed by atoms with E-state index < -0.39 is 0 Å². The van der Waals surface area contributed by atoms with Crippen molar-refractivity contribution in [2.24, 2.45) is 5.73 Å². The summed E-state index contributed by atoms with van der Waals surface area (Å²) in [4.78, 5) is 13.1. The first-order valence-corrected chi connectivity index (χ1v) is 6.06. The lowest BCUT2D eigenvalue weighted by atomic mass is 10.4. The fourth-order valence-electron chi connectivity index (χ4n) is 1.69. The number of likely N-dealkylation sites (N-methyl/N-ethyl adjacent to an activating group) is 1. The fourth-order valence-corrected chi connectivity index (χ4v) is 1.69. The van der Waals surface area contributed by atoms with Crippen LogP contribution in [-0.4, -0.2) is 43.7 Å². The Morgan fingerprint density at radius 2 is 1.65 bits per heavy atom. The van der Waals surface area contributed by atoms with Crippen molar-refractivity contribution in [2.45, 2.75) is 20.3 Å². The molecular formula is C12H23N5. The topological polar surface area (TPSA) is 58.3 Å². The van der Waals surface area contributed by atoms with E-state index in [1.807, 2.05) is 20.0 Å². The molecule has 0 aromatic carbocycles. The molecule has 17 heavy (non-hydrogen) atoms. The average molecular weight is 237 g/mol. The summed E-state index contributed by atoms with van der Waals surface area (Å²) in [5, 5.41) is 0. The van der Waals surface area contributed by atoms with Gasteiger partial charge in [0.2, 0.25) is 0 Å². The molecule has 96 valence electrons. The zero-order valence-electron chi connectivity index (χ0n) is 11.3. The molecule has 0 aliphatic carbocycles. The smallest absolute Gasteiger partial charge is 0.134 e. The highest BCUT2D eigenvalue weighted by molar-refractivity contribution is 5.50. The van der Waals surface area contributed by atoms with Gasteiger partial charge in [-0.15, -0.1) is 0 Å². The van der Waals surface area contributed by atoms with E-state index in [0.29, 0.717) is 6.54 Å². The van der Waals surface area contributed by atoms with Gasteiger partial charge >= 0.3 is 0 Å². The van der Waals surface area contributed by atoms with Crippen LogP contribution >= 0.6 is 0 Å². The van der Waals surface area contributed by atoms with E-state index in [2.05, 4.69) is 33.7 Å². The molecule has 0 radical (unpaired) electrons. The second-order valence-electron chi connectivity index (χ2n) is 4.26. The number of rotatable bonds is 6. The molecule has 0 unspecified atom stereocenters. The highest BCUT2D eigenvalue weighted by Gasteiger charge is 2.08. The minimum Gasteiger partial charge on any atom is -0.360 e. The van der Waals surface area contributed by atoms with E-state index >= 15 is 0 Å². The number of nitrogens with zero attached hydrogens (tertiary/aromatic N) is 4. The minimum atomic E-state index is 0.625. The Labute approximate surface area is 104 Å². The predicted octanol–water partition coefficient (Wildman–Crippen LogP) is 1.03. The van der Waals surface area contributed by atoms with E-state index in [1.54, 1.807) is 0 Å². The van der Waals surface area contributed by atoms with Crippen LogP contribution in [-0.2, 0) is 0 Å². The molecule has 0 saturated carbocycles. The third-order valence-corrected chi connectivity index (χ3v) is 2.62. The summed E-state index contributed by atoms with van der Waals surface area (Å²) in [5.41, 5.74) is 5.55. The first-order valence-electron chi connectivity index (χ1n) is 6.06. The molecule has 5 nitrogen and oxygen atoms in total. The van der Waals surface area contributed by atoms with Crippen LogP contribution in [0.15, 0.2) is 6.07 Å². The summed E-state index contributed by atoms with van der Waals surface area (Å²) in [6.45, 7) is 6.50. The molecule has 0 saturated heterocycles. The maximum absolute atomic E-state index is 5.55. The fraction of sp³-hybridized carbons (Fsp3) is 0.667. The lowest BCUT2D eigenvalue weighted by Crippen LogP contribution is -2.27. The average Bonchev–Trinajstić information content (AvgIpc) is 2.29. The van der Waals surface area contributed by atoms with Gasteiger partial charge in [0.15, 0.2) is 0 Å². The van der Waals surface area contributed by atoms with E-state index in [9.17, 15) is 0 Å².